The molecule has 100 heavy (non-hydrogen) atoms. The predicted molar refractivity (Wildman–Crippen MR) is 378 cm³/mol. The summed E-state index contributed by atoms with van der Waals surface area (Å²) in [6, 6.07) is 9.66. The van der Waals surface area contributed by atoms with Crippen LogP contribution in [0.25, 0.3) is 0 Å². The van der Waals surface area contributed by atoms with E-state index in [-0.39, 0.29) is 142 Å². The summed E-state index contributed by atoms with van der Waals surface area (Å²) in [5, 5.41) is 70.7. The first-order chi connectivity index (χ1) is 46.5. The van der Waals surface area contributed by atoms with E-state index in [1.54, 1.807) is 61.3 Å². The lowest BCUT2D eigenvalue weighted by Gasteiger charge is -2.24. The maximum atomic E-state index is 12.1. The standard InChI is InChI=1S/C15H26N2O7Si.C15H26N2O6Si.C9H19BrO7Si.C9H19BrO6Si.C3HN.2C2H6.4CH4O/c1-15(2,11-13(12-17)5-4-6-16)14(18)23-9-7-22-8-10-24-25(19,20)21-3;1-15(2,11-13(12-17)5-4-6-16)14(18)22-9-7-21-8-10-23-24(3,19)20;1-9(2,10)8(11)16-6-4-15-5-7-17-18(12,13)14-3;1-9(2,10)8(11)15-6-4-14-5-7-16-17(3,12)13;1-2-3-4;6*1-2/h13,19-20H,4-5,7-11H2,1-3H3;13,19-20H,4-5,7-11H2,1-3H3;12-13H,4-7H2,1-3H3;12-13H,4-7H2,1-3H3;1H;2*1-2H3;4*2H,1H3. The van der Waals surface area contributed by atoms with Crippen LogP contribution < -0.4 is 0 Å². The summed E-state index contributed by atoms with van der Waals surface area (Å²) in [5.74, 6) is -0.609. The molecule has 41 heteroatoms. The van der Waals surface area contributed by atoms with Crippen LogP contribution in [0.5, 0.6) is 0 Å². The Bertz CT molecular complexity index is 2180. The summed E-state index contributed by atoms with van der Waals surface area (Å²) in [6.07, 6.45) is 6.47. The number of terminal acetylenes is 1. The molecule has 0 saturated heterocycles. The minimum Gasteiger partial charge on any atom is -0.463 e. The number of rotatable bonds is 42. The number of hydrogen-bond acceptors (Lipinski definition) is 35. The van der Waals surface area contributed by atoms with Gasteiger partial charge in [0, 0.05) is 86.4 Å². The summed E-state index contributed by atoms with van der Waals surface area (Å²) in [4.78, 5) is 119. The highest BCUT2D eigenvalue weighted by Gasteiger charge is 2.37. The van der Waals surface area contributed by atoms with Gasteiger partial charge in [-0.05, 0) is 81.1 Å². The van der Waals surface area contributed by atoms with E-state index in [0.717, 1.165) is 42.7 Å². The zero-order chi connectivity index (χ0) is 81.2. The van der Waals surface area contributed by atoms with Crippen LogP contribution in [0.2, 0.25) is 13.1 Å². The van der Waals surface area contributed by atoms with Crippen molar-refractivity contribution < 1.29 is 142 Å². The van der Waals surface area contributed by atoms with Crippen molar-refractivity contribution in [1.82, 2.24) is 0 Å². The van der Waals surface area contributed by atoms with Gasteiger partial charge in [-0.3, -0.25) is 19.2 Å². The lowest BCUT2D eigenvalue weighted by Crippen LogP contribution is -2.42. The van der Waals surface area contributed by atoms with Crippen molar-refractivity contribution in [2.75, 3.05) is 148 Å². The quantitative estimate of drug-likeness (QED) is 0.0104. The molecule has 0 amide bonds. The number of nitriles is 5. The lowest BCUT2D eigenvalue weighted by molar-refractivity contribution is -0.157. The van der Waals surface area contributed by atoms with Crippen molar-refractivity contribution in [2.24, 2.45) is 22.7 Å². The number of halogens is 2. The molecule has 0 aromatic heterocycles. The molecule has 0 spiro atoms. The molecule has 0 radical (unpaired) electrons. The number of ether oxygens (including phenoxy) is 8. The van der Waals surface area contributed by atoms with Gasteiger partial charge in [-0.15, -0.1) is 6.42 Å². The Kier molecular flexibility index (Phi) is 92.8. The molecule has 0 heterocycles. The van der Waals surface area contributed by atoms with Crippen LogP contribution in [0.15, 0.2) is 0 Å². The third kappa shape index (κ3) is 93.8. The van der Waals surface area contributed by atoms with Crippen molar-refractivity contribution >= 4 is 91.4 Å². The number of esters is 4. The van der Waals surface area contributed by atoms with Gasteiger partial charge >= 0.3 is 59.6 Å². The average Bonchev–Trinajstić information content (AvgIpc) is 0.880. The average molecular weight is 1650 g/mol. The molecule has 0 aromatic rings. The Hall–Kier alpha value is -4.16. The van der Waals surface area contributed by atoms with Gasteiger partial charge in [-0.1, -0.05) is 59.6 Å². The molecule has 0 aromatic carbocycles. The van der Waals surface area contributed by atoms with Gasteiger partial charge in [0.25, 0.3) is 0 Å². The highest BCUT2D eigenvalue weighted by Crippen LogP contribution is 2.30. The fourth-order valence-electron chi connectivity index (χ4n) is 5.39. The first-order valence-electron chi connectivity index (χ1n) is 30.5. The summed E-state index contributed by atoms with van der Waals surface area (Å²) >= 11 is 6.34. The van der Waals surface area contributed by atoms with Crippen LogP contribution in [0.4, 0.5) is 0 Å². The van der Waals surface area contributed by atoms with Gasteiger partial charge < -0.3 is 123 Å². The van der Waals surface area contributed by atoms with Gasteiger partial charge in [0.15, 0.2) is 6.07 Å². The normalized spacial score (nSPS) is 11.2. The first kappa shape index (κ1) is 120. The van der Waals surface area contributed by atoms with E-state index in [4.69, 9.17) is 136 Å². The molecule has 0 aliphatic rings. The molecule has 2 unspecified atom stereocenters. The van der Waals surface area contributed by atoms with Crippen molar-refractivity contribution in [3.63, 3.8) is 0 Å². The van der Waals surface area contributed by atoms with Crippen LogP contribution >= 0.6 is 31.9 Å². The molecule has 12 N–H and O–H groups in total. The monoisotopic (exact) mass is 1650 g/mol. The lowest BCUT2D eigenvalue weighted by atomic mass is 9.81. The summed E-state index contributed by atoms with van der Waals surface area (Å²) in [7, 11) is -8.66. The minimum atomic E-state index is -4.03. The second-order valence-corrected chi connectivity index (χ2v) is 32.0. The molecule has 0 saturated carbocycles. The SMILES string of the molecule is C#CC#N.CC.CC.CC(C)(Br)C(=O)OCCOCCO[Si](C)(O)O.CC(C)(CC(C#N)CCC#N)C(=O)OCCOCCO[Si](C)(O)O.CO.CO.CO.CO.CO[Si](O)(O)OCCOCCOC(=O)C(C)(C)Br.CO[Si](O)(O)OCCOCCOC(=O)C(C)(C)CC(C#N)CCC#N. The predicted octanol–water partition coefficient (Wildman–Crippen LogP) is 2.19. The Morgan fingerprint density at radius 2 is 0.620 bits per heavy atom. The summed E-state index contributed by atoms with van der Waals surface area (Å²) in [6.45, 7) is 25.8. The van der Waals surface area contributed by atoms with Gasteiger partial charge in [-0.25, -0.2) is 0 Å². The topological polar surface area (TPSA) is 559 Å². The van der Waals surface area contributed by atoms with E-state index in [9.17, 15) is 19.2 Å². The number of nitrogens with zero attached hydrogens (tertiary/aromatic N) is 5. The molecule has 35 nitrogen and oxygen atoms in total. The van der Waals surface area contributed by atoms with Crippen LogP contribution in [-0.2, 0) is 83.6 Å². The number of carbonyl (C=O) groups excluding carboxylic acids is 4. The molecule has 0 aliphatic carbocycles. The van der Waals surface area contributed by atoms with Gasteiger partial charge in [0.2, 0.25) is 0 Å². The van der Waals surface area contributed by atoms with Crippen molar-refractivity contribution in [2.45, 2.75) is 143 Å². The van der Waals surface area contributed by atoms with Crippen LogP contribution in [0.3, 0.4) is 0 Å². The molecule has 0 aliphatic heterocycles. The summed E-state index contributed by atoms with van der Waals surface area (Å²) < 4.78 is 66.6. The van der Waals surface area contributed by atoms with Gasteiger partial charge in [0.1, 0.15) is 35.1 Å². The van der Waals surface area contributed by atoms with Gasteiger partial charge in [-0.2, -0.15) is 26.3 Å². The molecule has 0 rings (SSSR count). The third-order valence-electron chi connectivity index (χ3n) is 9.85. The second kappa shape index (κ2) is 77.5. The van der Waals surface area contributed by atoms with E-state index in [1.807, 2.05) is 39.8 Å². The molecule has 2 atom stereocenters. The molecule has 0 fully saturated rings. The maximum absolute atomic E-state index is 12.1. The number of aliphatic hydroxyl groups excluding tert-OH is 4. The van der Waals surface area contributed by atoms with Crippen LogP contribution in [0.1, 0.15) is 122 Å². The van der Waals surface area contributed by atoms with Crippen molar-refractivity contribution in [1.29, 1.82) is 26.3 Å². The van der Waals surface area contributed by atoms with E-state index in [1.165, 1.54) is 19.2 Å². The fourth-order valence-corrected chi connectivity index (χ4v) is 7.49. The maximum Gasteiger partial charge on any atom is 0.673 e. The van der Waals surface area contributed by atoms with Crippen LogP contribution in [-0.4, -0.2) is 275 Å². The number of alkyl halides is 2. The Balaban J connectivity index is -0.000000110. The number of aliphatic hydroxyl groups is 4. The van der Waals surface area contributed by atoms with Crippen molar-refractivity contribution in [3.8, 4) is 42.7 Å². The highest BCUT2D eigenvalue weighted by molar-refractivity contribution is 9.10. The highest BCUT2D eigenvalue weighted by atomic mass is 79.9. The molecular formula is C59H119Br2N5O30Si4. The zero-order valence-corrected chi connectivity index (χ0v) is 69.2. The second-order valence-electron chi connectivity index (χ2n) is 20.2. The Labute approximate surface area is 614 Å². The minimum absolute atomic E-state index is 0.00898. The van der Waals surface area contributed by atoms with E-state index < -0.39 is 67.1 Å². The number of hydrogen-bond donors (Lipinski definition) is 12. The molecule has 590 valence electrons. The Morgan fingerprint density at radius 1 is 0.410 bits per heavy atom. The van der Waals surface area contributed by atoms with Crippen molar-refractivity contribution in [3.05, 3.63) is 0 Å². The fraction of sp³-hybridized carbons (Fsp3) is 0.814. The van der Waals surface area contributed by atoms with Gasteiger partial charge in [0.05, 0.1) is 114 Å². The third-order valence-corrected chi connectivity index (χ3v) is 14.2. The zero-order valence-electron chi connectivity index (χ0n) is 62.0. The largest absolute Gasteiger partial charge is 0.673 e. The van der Waals surface area contributed by atoms with Crippen LogP contribution in [0, 0.1) is 91.7 Å². The van der Waals surface area contributed by atoms with E-state index in [2.05, 4.69) is 63.7 Å². The first-order valence-corrected chi connectivity index (χ1v) is 40.1. The smallest absolute Gasteiger partial charge is 0.463 e. The summed E-state index contributed by atoms with van der Waals surface area (Å²) in [5.41, 5.74) is -1.66. The van der Waals surface area contributed by atoms with E-state index >= 15 is 0 Å². The molecule has 0 bridgehead atoms. The molecular weight excluding hydrogens is 1530 g/mol. The Morgan fingerprint density at radius 3 is 0.800 bits per heavy atom. The number of carbonyl (C=O) groups is 4. The van der Waals surface area contributed by atoms with E-state index in [0.29, 0.717) is 25.7 Å².